The van der Waals surface area contributed by atoms with Crippen molar-refractivity contribution in [2.24, 2.45) is 0 Å². The quantitative estimate of drug-likeness (QED) is 0.928. The molecule has 1 aliphatic rings. The minimum atomic E-state index is -0.938. The molecule has 0 unspecified atom stereocenters. The normalized spacial score (nSPS) is 17.9. The molecular weight excluding hydrogens is 270 g/mol. The molecule has 6 nitrogen and oxygen atoms in total. The van der Waals surface area contributed by atoms with E-state index in [1.807, 2.05) is 6.07 Å². The topological polar surface area (TPSA) is 75.4 Å². The number of carboxylic acid groups (broad SMARTS) is 1. The van der Waals surface area contributed by atoms with Gasteiger partial charge in [-0.05, 0) is 31.0 Å². The third-order valence-corrected chi connectivity index (χ3v) is 3.69. The minimum absolute atomic E-state index is 0.234. The summed E-state index contributed by atoms with van der Waals surface area (Å²) in [6, 6.07) is 6.40. The van der Waals surface area contributed by atoms with Crippen LogP contribution >= 0.6 is 0 Å². The molecule has 1 N–H and O–H groups in total. The largest absolute Gasteiger partial charge is 0.480 e. The average molecular weight is 285 g/mol. The van der Waals surface area contributed by atoms with Gasteiger partial charge in [0.2, 0.25) is 0 Å². The van der Waals surface area contributed by atoms with Crippen LogP contribution in [0.4, 0.5) is 0 Å². The second-order valence-corrected chi connectivity index (χ2v) is 5.02. The Balaban J connectivity index is 1.88. The third-order valence-electron chi connectivity index (χ3n) is 3.69. The molecule has 2 heterocycles. The van der Waals surface area contributed by atoms with Crippen LogP contribution in [0, 0.1) is 0 Å². The lowest BCUT2D eigenvalue weighted by atomic mass is 10.1. The SMILES string of the molecule is O=C(O)[C@H]1CCCN1C(=O)c1cccc(-n2ccnc2)c1. The van der Waals surface area contributed by atoms with Gasteiger partial charge in [0.1, 0.15) is 6.04 Å². The van der Waals surface area contributed by atoms with Crippen molar-refractivity contribution in [3.8, 4) is 5.69 Å². The number of benzene rings is 1. The van der Waals surface area contributed by atoms with Gasteiger partial charge in [0.25, 0.3) is 5.91 Å². The van der Waals surface area contributed by atoms with Crippen molar-refractivity contribution in [1.82, 2.24) is 14.5 Å². The van der Waals surface area contributed by atoms with E-state index in [4.69, 9.17) is 0 Å². The lowest BCUT2D eigenvalue weighted by Gasteiger charge is -2.21. The van der Waals surface area contributed by atoms with Crippen molar-refractivity contribution < 1.29 is 14.7 Å². The summed E-state index contributed by atoms with van der Waals surface area (Å²) in [5, 5.41) is 9.18. The number of carboxylic acids is 1. The molecule has 1 aliphatic heterocycles. The van der Waals surface area contributed by atoms with Crippen LogP contribution in [0.3, 0.4) is 0 Å². The number of imidazole rings is 1. The second kappa shape index (κ2) is 5.40. The van der Waals surface area contributed by atoms with Gasteiger partial charge in [0.05, 0.1) is 6.33 Å². The fraction of sp³-hybridized carbons (Fsp3) is 0.267. The van der Waals surface area contributed by atoms with Crippen LogP contribution in [-0.2, 0) is 4.79 Å². The molecule has 108 valence electrons. The van der Waals surface area contributed by atoms with E-state index in [1.54, 1.807) is 41.5 Å². The van der Waals surface area contributed by atoms with Gasteiger partial charge in [-0.15, -0.1) is 0 Å². The first-order chi connectivity index (χ1) is 10.2. The molecule has 0 spiro atoms. The number of carbonyl (C=O) groups is 2. The monoisotopic (exact) mass is 285 g/mol. The molecule has 0 saturated carbocycles. The minimum Gasteiger partial charge on any atom is -0.480 e. The maximum absolute atomic E-state index is 12.5. The Morgan fingerprint density at radius 2 is 2.19 bits per heavy atom. The molecule has 1 aromatic carbocycles. The van der Waals surface area contributed by atoms with Crippen molar-refractivity contribution in [2.75, 3.05) is 6.54 Å². The van der Waals surface area contributed by atoms with Gasteiger partial charge >= 0.3 is 5.97 Å². The molecule has 1 fully saturated rings. The van der Waals surface area contributed by atoms with Crippen molar-refractivity contribution in [2.45, 2.75) is 18.9 Å². The fourth-order valence-corrected chi connectivity index (χ4v) is 2.64. The van der Waals surface area contributed by atoms with E-state index >= 15 is 0 Å². The lowest BCUT2D eigenvalue weighted by molar-refractivity contribution is -0.141. The first-order valence-electron chi connectivity index (χ1n) is 6.79. The zero-order valence-corrected chi connectivity index (χ0v) is 11.3. The number of likely N-dealkylation sites (tertiary alicyclic amines) is 1. The van der Waals surface area contributed by atoms with Crippen molar-refractivity contribution in [3.63, 3.8) is 0 Å². The highest BCUT2D eigenvalue weighted by molar-refractivity contribution is 5.97. The molecule has 21 heavy (non-hydrogen) atoms. The molecule has 0 aliphatic carbocycles. The predicted octanol–water partition coefficient (Wildman–Crippen LogP) is 1.56. The van der Waals surface area contributed by atoms with E-state index in [0.29, 0.717) is 18.5 Å². The van der Waals surface area contributed by atoms with Crippen LogP contribution in [0.5, 0.6) is 0 Å². The van der Waals surface area contributed by atoms with Crippen LogP contribution < -0.4 is 0 Å². The molecular formula is C15H15N3O3. The molecule has 0 radical (unpaired) electrons. The van der Waals surface area contributed by atoms with Crippen molar-refractivity contribution in [3.05, 3.63) is 48.5 Å². The number of hydrogen-bond acceptors (Lipinski definition) is 3. The maximum atomic E-state index is 12.5. The van der Waals surface area contributed by atoms with Crippen LogP contribution in [0.15, 0.2) is 43.0 Å². The van der Waals surface area contributed by atoms with Gasteiger partial charge in [0, 0.05) is 30.2 Å². The Kier molecular flexibility index (Phi) is 3.43. The van der Waals surface area contributed by atoms with Crippen LogP contribution in [0.2, 0.25) is 0 Å². The molecule has 1 aromatic heterocycles. The number of nitrogens with zero attached hydrogens (tertiary/aromatic N) is 3. The van der Waals surface area contributed by atoms with Gasteiger partial charge in [0.15, 0.2) is 0 Å². The molecule has 3 rings (SSSR count). The summed E-state index contributed by atoms with van der Waals surface area (Å²) >= 11 is 0. The number of hydrogen-bond donors (Lipinski definition) is 1. The summed E-state index contributed by atoms with van der Waals surface area (Å²) in [7, 11) is 0. The summed E-state index contributed by atoms with van der Waals surface area (Å²) in [6.45, 7) is 0.491. The summed E-state index contributed by atoms with van der Waals surface area (Å²) in [6.07, 6.45) is 6.35. The van der Waals surface area contributed by atoms with Crippen molar-refractivity contribution >= 4 is 11.9 Å². The summed E-state index contributed by atoms with van der Waals surface area (Å²) < 4.78 is 1.80. The lowest BCUT2D eigenvalue weighted by Crippen LogP contribution is -2.40. The standard InChI is InChI=1S/C15H15N3O3/c19-14(18-7-2-5-13(18)15(20)21)11-3-1-4-12(9-11)17-8-6-16-10-17/h1,3-4,6,8-10,13H,2,5,7H2,(H,20,21)/t13-/m1/s1. The summed E-state index contributed by atoms with van der Waals surface area (Å²) in [5.74, 6) is -1.17. The molecule has 2 aromatic rings. The number of aromatic nitrogens is 2. The van der Waals surface area contributed by atoms with E-state index in [-0.39, 0.29) is 5.91 Å². The summed E-state index contributed by atoms with van der Waals surface area (Å²) in [5.41, 5.74) is 1.32. The van der Waals surface area contributed by atoms with Gasteiger partial charge in [-0.25, -0.2) is 9.78 Å². The average Bonchev–Trinajstić information content (AvgIpc) is 3.17. The summed E-state index contributed by atoms with van der Waals surface area (Å²) in [4.78, 5) is 29.1. The first kappa shape index (κ1) is 13.4. The van der Waals surface area contributed by atoms with Gasteiger partial charge in [-0.1, -0.05) is 6.07 Å². The highest BCUT2D eigenvalue weighted by Gasteiger charge is 2.34. The predicted molar refractivity (Wildman–Crippen MR) is 75.3 cm³/mol. The molecule has 6 heteroatoms. The highest BCUT2D eigenvalue weighted by Crippen LogP contribution is 2.21. The van der Waals surface area contributed by atoms with E-state index in [1.165, 1.54) is 4.90 Å². The molecule has 1 saturated heterocycles. The smallest absolute Gasteiger partial charge is 0.326 e. The molecule has 0 bridgehead atoms. The Morgan fingerprint density at radius 3 is 2.90 bits per heavy atom. The van der Waals surface area contributed by atoms with E-state index in [9.17, 15) is 14.7 Å². The Hall–Kier alpha value is -2.63. The van der Waals surface area contributed by atoms with Gasteiger partial charge in [-0.3, -0.25) is 4.79 Å². The fourth-order valence-electron chi connectivity index (χ4n) is 2.64. The van der Waals surface area contributed by atoms with Crippen LogP contribution in [0.1, 0.15) is 23.2 Å². The Labute approximate surface area is 121 Å². The molecule has 1 atom stereocenters. The maximum Gasteiger partial charge on any atom is 0.326 e. The van der Waals surface area contributed by atoms with E-state index in [2.05, 4.69) is 4.98 Å². The zero-order valence-electron chi connectivity index (χ0n) is 11.3. The number of aliphatic carboxylic acids is 1. The second-order valence-electron chi connectivity index (χ2n) is 5.02. The number of rotatable bonds is 3. The van der Waals surface area contributed by atoms with Crippen molar-refractivity contribution in [1.29, 1.82) is 0 Å². The van der Waals surface area contributed by atoms with E-state index < -0.39 is 12.0 Å². The highest BCUT2D eigenvalue weighted by atomic mass is 16.4. The number of amides is 1. The Bertz CT molecular complexity index is 667. The molecule has 1 amide bonds. The van der Waals surface area contributed by atoms with Crippen LogP contribution in [0.25, 0.3) is 5.69 Å². The third kappa shape index (κ3) is 2.52. The Morgan fingerprint density at radius 1 is 1.33 bits per heavy atom. The van der Waals surface area contributed by atoms with E-state index in [0.717, 1.165) is 12.1 Å². The zero-order chi connectivity index (χ0) is 14.8. The first-order valence-corrected chi connectivity index (χ1v) is 6.79. The van der Waals surface area contributed by atoms with Gasteiger partial charge in [-0.2, -0.15) is 0 Å². The van der Waals surface area contributed by atoms with Crippen LogP contribution in [-0.4, -0.2) is 44.0 Å². The van der Waals surface area contributed by atoms with Gasteiger partial charge < -0.3 is 14.6 Å². The number of carbonyl (C=O) groups excluding carboxylic acids is 1.